The fraction of sp³-hybridized carbons (Fsp3) is 0.143. The Kier molecular flexibility index (Phi) is 4.27. The molecule has 0 heterocycles. The van der Waals surface area contributed by atoms with Crippen molar-refractivity contribution >= 4 is 15.9 Å². The highest BCUT2D eigenvalue weighted by Gasteiger charge is 2.19. The van der Waals surface area contributed by atoms with Crippen molar-refractivity contribution in [1.82, 2.24) is 0 Å². The highest BCUT2D eigenvalue weighted by atomic mass is 79.9. The molecule has 1 unspecified atom stereocenters. The molecule has 19 heavy (non-hydrogen) atoms. The van der Waals surface area contributed by atoms with Crippen molar-refractivity contribution in [3.8, 4) is 0 Å². The lowest BCUT2D eigenvalue weighted by molar-refractivity contribution is 0.168. The molecule has 2 rings (SSSR count). The van der Waals surface area contributed by atoms with E-state index in [1.165, 1.54) is 18.2 Å². The molecule has 0 aromatic heterocycles. The maximum atomic E-state index is 13.6. The summed E-state index contributed by atoms with van der Waals surface area (Å²) >= 11 is 2.96. The van der Waals surface area contributed by atoms with Crippen molar-refractivity contribution in [2.24, 2.45) is 0 Å². The second kappa shape index (κ2) is 5.75. The van der Waals surface area contributed by atoms with Crippen LogP contribution in [-0.2, 0) is 6.42 Å². The summed E-state index contributed by atoms with van der Waals surface area (Å²) in [6.45, 7) is 0. The fourth-order valence-electron chi connectivity index (χ4n) is 1.86. The zero-order chi connectivity index (χ0) is 14.0. The number of hydrogen-bond donors (Lipinski definition) is 1. The van der Waals surface area contributed by atoms with Gasteiger partial charge in [0.2, 0.25) is 0 Å². The van der Waals surface area contributed by atoms with Gasteiger partial charge >= 0.3 is 0 Å². The third-order valence-corrected chi connectivity index (χ3v) is 3.15. The van der Waals surface area contributed by atoms with Gasteiger partial charge in [0.25, 0.3) is 0 Å². The molecule has 2 aromatic rings. The molecule has 0 fully saturated rings. The monoisotopic (exact) mass is 330 g/mol. The normalized spacial score (nSPS) is 12.5. The first-order valence-corrected chi connectivity index (χ1v) is 6.33. The maximum absolute atomic E-state index is 13.6. The molecule has 0 aliphatic rings. The molecule has 0 radical (unpaired) electrons. The molecule has 1 atom stereocenters. The van der Waals surface area contributed by atoms with Gasteiger partial charge in [0.05, 0.1) is 11.7 Å². The lowest BCUT2D eigenvalue weighted by Crippen LogP contribution is -2.07. The van der Waals surface area contributed by atoms with E-state index in [0.29, 0.717) is 5.56 Å². The van der Waals surface area contributed by atoms with Gasteiger partial charge in [-0.05, 0) is 29.8 Å². The van der Waals surface area contributed by atoms with E-state index >= 15 is 0 Å². The Morgan fingerprint density at radius 1 is 1.05 bits per heavy atom. The predicted molar refractivity (Wildman–Crippen MR) is 69.1 cm³/mol. The van der Waals surface area contributed by atoms with Gasteiger partial charge in [-0.2, -0.15) is 0 Å². The SMILES string of the molecule is OC(Cc1cccc(F)c1)c1c(F)cc(Br)cc1F. The van der Waals surface area contributed by atoms with Crippen LogP contribution in [0.15, 0.2) is 40.9 Å². The number of hydrogen-bond acceptors (Lipinski definition) is 1. The largest absolute Gasteiger partial charge is 0.388 e. The molecular weight excluding hydrogens is 321 g/mol. The molecule has 0 bridgehead atoms. The second-order valence-electron chi connectivity index (χ2n) is 4.13. The van der Waals surface area contributed by atoms with Crippen LogP contribution in [0.5, 0.6) is 0 Å². The average molecular weight is 331 g/mol. The van der Waals surface area contributed by atoms with Crippen LogP contribution in [0.4, 0.5) is 13.2 Å². The van der Waals surface area contributed by atoms with Gasteiger partial charge in [0.15, 0.2) is 0 Å². The Morgan fingerprint density at radius 3 is 2.26 bits per heavy atom. The van der Waals surface area contributed by atoms with Crippen molar-refractivity contribution in [3.05, 3.63) is 69.4 Å². The minimum atomic E-state index is -1.37. The van der Waals surface area contributed by atoms with Crippen molar-refractivity contribution in [2.75, 3.05) is 0 Å². The smallest absolute Gasteiger partial charge is 0.133 e. The predicted octanol–water partition coefficient (Wildman–Crippen LogP) is 4.14. The Balaban J connectivity index is 2.28. The summed E-state index contributed by atoms with van der Waals surface area (Å²) in [5, 5.41) is 9.90. The summed E-state index contributed by atoms with van der Waals surface area (Å²) in [6.07, 6.45) is -1.43. The molecule has 2 aromatic carbocycles. The lowest BCUT2D eigenvalue weighted by atomic mass is 10.0. The quantitative estimate of drug-likeness (QED) is 0.896. The summed E-state index contributed by atoms with van der Waals surface area (Å²) in [5.74, 6) is -2.13. The van der Waals surface area contributed by atoms with Gasteiger partial charge in [-0.1, -0.05) is 28.1 Å². The zero-order valence-corrected chi connectivity index (χ0v) is 11.3. The van der Waals surface area contributed by atoms with Crippen LogP contribution in [-0.4, -0.2) is 5.11 Å². The number of aliphatic hydroxyl groups excluding tert-OH is 1. The van der Waals surface area contributed by atoms with E-state index in [9.17, 15) is 18.3 Å². The maximum Gasteiger partial charge on any atom is 0.133 e. The molecule has 0 spiro atoms. The van der Waals surface area contributed by atoms with Crippen LogP contribution in [0.3, 0.4) is 0 Å². The van der Waals surface area contributed by atoms with Gasteiger partial charge < -0.3 is 5.11 Å². The van der Waals surface area contributed by atoms with E-state index in [1.54, 1.807) is 6.07 Å². The molecule has 100 valence electrons. The van der Waals surface area contributed by atoms with Crippen molar-refractivity contribution in [2.45, 2.75) is 12.5 Å². The second-order valence-corrected chi connectivity index (χ2v) is 5.05. The first-order chi connectivity index (χ1) is 8.97. The van der Waals surface area contributed by atoms with Gasteiger partial charge in [-0.3, -0.25) is 0 Å². The van der Waals surface area contributed by atoms with Crippen LogP contribution in [0.25, 0.3) is 0 Å². The molecule has 0 aliphatic heterocycles. The first kappa shape index (κ1) is 14.1. The summed E-state index contributed by atoms with van der Waals surface area (Å²) < 4.78 is 40.5. The lowest BCUT2D eigenvalue weighted by Gasteiger charge is -2.13. The molecule has 1 nitrogen and oxygen atoms in total. The molecule has 0 saturated carbocycles. The Hall–Kier alpha value is -1.33. The van der Waals surface area contributed by atoms with Crippen molar-refractivity contribution in [1.29, 1.82) is 0 Å². The number of benzene rings is 2. The van der Waals surface area contributed by atoms with Crippen molar-refractivity contribution in [3.63, 3.8) is 0 Å². The average Bonchev–Trinajstić information content (AvgIpc) is 2.27. The Labute approximate surface area is 116 Å². The van der Waals surface area contributed by atoms with Gasteiger partial charge in [-0.25, -0.2) is 13.2 Å². The van der Waals surface area contributed by atoms with E-state index in [4.69, 9.17) is 0 Å². The van der Waals surface area contributed by atoms with E-state index in [0.717, 1.165) is 12.1 Å². The van der Waals surface area contributed by atoms with Crippen LogP contribution in [0, 0.1) is 17.5 Å². The van der Waals surface area contributed by atoms with Crippen LogP contribution in [0.2, 0.25) is 0 Å². The molecule has 1 N–H and O–H groups in total. The van der Waals surface area contributed by atoms with Crippen LogP contribution < -0.4 is 0 Å². The topological polar surface area (TPSA) is 20.2 Å². The fourth-order valence-corrected chi connectivity index (χ4v) is 2.26. The minimum Gasteiger partial charge on any atom is -0.388 e. The highest BCUT2D eigenvalue weighted by Crippen LogP contribution is 2.27. The van der Waals surface area contributed by atoms with Gasteiger partial charge in [0, 0.05) is 10.9 Å². The van der Waals surface area contributed by atoms with Gasteiger partial charge in [-0.15, -0.1) is 0 Å². The highest BCUT2D eigenvalue weighted by molar-refractivity contribution is 9.10. The van der Waals surface area contributed by atoms with E-state index in [2.05, 4.69) is 15.9 Å². The number of rotatable bonds is 3. The third kappa shape index (κ3) is 3.36. The van der Waals surface area contributed by atoms with Gasteiger partial charge in [0.1, 0.15) is 17.5 Å². The van der Waals surface area contributed by atoms with E-state index in [-0.39, 0.29) is 10.9 Å². The third-order valence-electron chi connectivity index (χ3n) is 2.70. The summed E-state index contributed by atoms with van der Waals surface area (Å²) in [5.41, 5.74) is 0.0571. The number of halogens is 4. The molecular formula is C14H10BrF3O. The molecule has 0 amide bonds. The van der Waals surface area contributed by atoms with E-state index in [1.807, 2.05) is 0 Å². The first-order valence-electron chi connectivity index (χ1n) is 5.54. The number of aliphatic hydroxyl groups is 1. The Morgan fingerprint density at radius 2 is 1.68 bits per heavy atom. The van der Waals surface area contributed by atoms with Crippen molar-refractivity contribution < 1.29 is 18.3 Å². The van der Waals surface area contributed by atoms with E-state index < -0.39 is 29.1 Å². The summed E-state index contributed by atoms with van der Waals surface area (Å²) in [4.78, 5) is 0. The minimum absolute atomic E-state index is 0.0623. The Bertz CT molecular complexity index is 578. The molecule has 0 saturated heterocycles. The zero-order valence-electron chi connectivity index (χ0n) is 9.71. The standard InChI is InChI=1S/C14H10BrF3O/c15-9-6-11(17)14(12(18)7-9)13(19)5-8-2-1-3-10(16)4-8/h1-4,6-7,13,19H,5H2. The summed E-state index contributed by atoms with van der Waals surface area (Å²) in [7, 11) is 0. The molecule has 0 aliphatic carbocycles. The van der Waals surface area contributed by atoms with Crippen LogP contribution >= 0.6 is 15.9 Å². The summed E-state index contributed by atoms with van der Waals surface area (Å²) in [6, 6.07) is 7.70. The molecule has 5 heteroatoms. The van der Waals surface area contributed by atoms with Crippen LogP contribution in [0.1, 0.15) is 17.2 Å².